The van der Waals surface area contributed by atoms with Gasteiger partial charge in [-0.25, -0.2) is 23.7 Å². The number of rotatable bonds is 3. The Morgan fingerprint density at radius 1 is 1.15 bits per heavy atom. The molecule has 5 aromatic rings. The Balaban J connectivity index is 0.000000180. The fraction of sp³-hybridized carbons (Fsp3) is 0.125. The van der Waals surface area contributed by atoms with E-state index in [1.165, 1.54) is 4.52 Å². The molecule has 0 fully saturated rings. The van der Waals surface area contributed by atoms with E-state index in [0.717, 1.165) is 17.8 Å². The van der Waals surface area contributed by atoms with Gasteiger partial charge < -0.3 is 11.5 Å². The standard InChI is InChI=1S/C17H15N3O.C7H7N5O/c1-3-8-15-12-18-16-11-13(4-2)19(17(21)20(15)16)14-9-6-5-7-10-14;8-5-4(6(9)13)7-10-2-1-3-12(7)11-5/h5-7,9-12H,4H2,1-2H3;1-3H,(H2,8,11)(H2,9,13). The predicted octanol–water partition coefficient (Wildman–Crippen LogP) is 1.83. The maximum Gasteiger partial charge on any atom is 0.339 e. The Labute approximate surface area is 194 Å². The number of imidazole rings is 1. The number of primary amides is 1. The van der Waals surface area contributed by atoms with Crippen LogP contribution in [0.15, 0.2) is 65.8 Å². The first-order valence-electron chi connectivity index (χ1n) is 10.5. The molecule has 34 heavy (non-hydrogen) atoms. The van der Waals surface area contributed by atoms with Crippen LogP contribution >= 0.6 is 0 Å². The van der Waals surface area contributed by atoms with Crippen molar-refractivity contribution in [2.45, 2.75) is 20.3 Å². The molecule has 0 spiro atoms. The van der Waals surface area contributed by atoms with Crippen LogP contribution in [0.2, 0.25) is 0 Å². The normalized spacial score (nSPS) is 10.4. The summed E-state index contributed by atoms with van der Waals surface area (Å²) in [6.07, 6.45) is 5.58. The molecule has 0 saturated heterocycles. The summed E-state index contributed by atoms with van der Waals surface area (Å²) >= 11 is 0. The van der Waals surface area contributed by atoms with E-state index < -0.39 is 5.91 Å². The van der Waals surface area contributed by atoms with Gasteiger partial charge in [0, 0.05) is 24.2 Å². The van der Waals surface area contributed by atoms with Gasteiger partial charge in [-0.1, -0.05) is 31.0 Å². The van der Waals surface area contributed by atoms with Crippen molar-refractivity contribution in [2.24, 2.45) is 5.73 Å². The molecule has 0 aliphatic carbocycles. The van der Waals surface area contributed by atoms with Crippen LogP contribution < -0.4 is 17.2 Å². The second-order valence-electron chi connectivity index (χ2n) is 7.17. The maximum absolute atomic E-state index is 12.9. The summed E-state index contributed by atoms with van der Waals surface area (Å²) in [5, 5.41) is 3.87. The molecule has 0 aliphatic heterocycles. The van der Waals surface area contributed by atoms with Crippen molar-refractivity contribution >= 4 is 23.0 Å². The molecule has 0 unspecified atom stereocenters. The van der Waals surface area contributed by atoms with Gasteiger partial charge in [-0.15, -0.1) is 5.10 Å². The van der Waals surface area contributed by atoms with Crippen LogP contribution in [-0.2, 0) is 6.42 Å². The molecular formula is C24H22N8O2. The minimum Gasteiger partial charge on any atom is -0.381 e. The highest BCUT2D eigenvalue weighted by atomic mass is 16.1. The number of hydrogen-bond acceptors (Lipinski definition) is 6. The number of fused-ring (bicyclic) bond motifs is 2. The third-order valence-corrected chi connectivity index (χ3v) is 5.05. The van der Waals surface area contributed by atoms with Crippen molar-refractivity contribution in [2.75, 3.05) is 5.73 Å². The van der Waals surface area contributed by atoms with Crippen LogP contribution in [0.4, 0.5) is 5.82 Å². The zero-order valence-corrected chi connectivity index (χ0v) is 18.6. The van der Waals surface area contributed by atoms with E-state index in [0.29, 0.717) is 17.0 Å². The van der Waals surface area contributed by atoms with Crippen LogP contribution in [0.3, 0.4) is 0 Å². The molecule has 0 bridgehead atoms. The zero-order chi connectivity index (χ0) is 24.2. The topological polar surface area (TPSA) is 139 Å². The fourth-order valence-electron chi connectivity index (χ4n) is 3.58. The second-order valence-corrected chi connectivity index (χ2v) is 7.17. The number of nitrogen functional groups attached to an aromatic ring is 1. The van der Waals surface area contributed by atoms with E-state index in [1.807, 2.05) is 43.3 Å². The van der Waals surface area contributed by atoms with Crippen LogP contribution in [0.25, 0.3) is 17.0 Å². The number of anilines is 1. The third kappa shape index (κ3) is 3.98. The van der Waals surface area contributed by atoms with E-state index in [-0.39, 0.29) is 17.1 Å². The summed E-state index contributed by atoms with van der Waals surface area (Å²) in [6.45, 7) is 3.77. The molecule has 0 atom stereocenters. The molecule has 0 saturated carbocycles. The molecule has 10 heteroatoms. The lowest BCUT2D eigenvalue weighted by molar-refractivity contribution is 0.100. The first kappa shape index (κ1) is 22.3. The van der Waals surface area contributed by atoms with E-state index in [4.69, 9.17) is 11.5 Å². The number of carbonyl (C=O) groups is 1. The number of para-hydroxylation sites is 1. The number of nitrogens with zero attached hydrogens (tertiary/aromatic N) is 6. The Morgan fingerprint density at radius 2 is 1.91 bits per heavy atom. The number of nitrogens with two attached hydrogens (primary N) is 2. The molecule has 0 radical (unpaired) electrons. The van der Waals surface area contributed by atoms with Gasteiger partial charge >= 0.3 is 5.69 Å². The summed E-state index contributed by atoms with van der Waals surface area (Å²) in [6, 6.07) is 13.3. The maximum atomic E-state index is 12.9. The fourth-order valence-corrected chi connectivity index (χ4v) is 3.58. The highest BCUT2D eigenvalue weighted by Gasteiger charge is 2.15. The quantitative estimate of drug-likeness (QED) is 0.399. The minimum atomic E-state index is -0.619. The number of hydrogen-bond donors (Lipinski definition) is 2. The Bertz CT molecular complexity index is 1620. The van der Waals surface area contributed by atoms with Gasteiger partial charge in [0.2, 0.25) is 0 Å². The number of aromatic nitrogens is 6. The Hall–Kier alpha value is -4.91. The van der Waals surface area contributed by atoms with Crippen molar-refractivity contribution in [3.63, 3.8) is 0 Å². The number of carbonyl (C=O) groups excluding carboxylic acids is 1. The van der Waals surface area contributed by atoms with Crippen LogP contribution in [0.1, 0.15) is 35.6 Å². The largest absolute Gasteiger partial charge is 0.381 e. The minimum absolute atomic E-state index is 0.103. The van der Waals surface area contributed by atoms with Gasteiger partial charge in [0.05, 0.1) is 11.9 Å². The molecule has 1 aromatic carbocycles. The number of benzene rings is 1. The van der Waals surface area contributed by atoms with Crippen molar-refractivity contribution in [3.8, 4) is 17.5 Å². The second kappa shape index (κ2) is 9.30. The van der Waals surface area contributed by atoms with Gasteiger partial charge in [-0.2, -0.15) is 0 Å². The van der Waals surface area contributed by atoms with Gasteiger partial charge in [-0.05, 0) is 37.5 Å². The first-order valence-corrected chi connectivity index (χ1v) is 10.5. The van der Waals surface area contributed by atoms with Crippen molar-refractivity contribution in [1.82, 2.24) is 28.5 Å². The molecular weight excluding hydrogens is 432 g/mol. The molecule has 170 valence electrons. The molecule has 5 rings (SSSR count). The van der Waals surface area contributed by atoms with Crippen LogP contribution in [0, 0.1) is 11.8 Å². The third-order valence-electron chi connectivity index (χ3n) is 5.05. The molecule has 4 heterocycles. The van der Waals surface area contributed by atoms with Crippen molar-refractivity contribution in [3.05, 3.63) is 88.5 Å². The van der Waals surface area contributed by atoms with E-state index in [9.17, 15) is 9.59 Å². The molecule has 4 N–H and O–H groups in total. The highest BCUT2D eigenvalue weighted by Crippen LogP contribution is 2.14. The monoisotopic (exact) mass is 454 g/mol. The number of amides is 1. The lowest BCUT2D eigenvalue weighted by Gasteiger charge is -2.12. The summed E-state index contributed by atoms with van der Waals surface area (Å²) in [4.78, 5) is 32.1. The Kier molecular flexibility index (Phi) is 6.09. The summed E-state index contributed by atoms with van der Waals surface area (Å²) in [5.74, 6) is 5.23. The molecule has 10 nitrogen and oxygen atoms in total. The average molecular weight is 454 g/mol. The van der Waals surface area contributed by atoms with Gasteiger partial charge in [0.25, 0.3) is 5.91 Å². The molecule has 1 amide bonds. The Morgan fingerprint density at radius 3 is 2.59 bits per heavy atom. The zero-order valence-electron chi connectivity index (χ0n) is 18.6. The van der Waals surface area contributed by atoms with Crippen molar-refractivity contribution < 1.29 is 4.79 Å². The van der Waals surface area contributed by atoms with E-state index >= 15 is 0 Å². The molecule has 0 aliphatic rings. The van der Waals surface area contributed by atoms with Crippen LogP contribution in [0.5, 0.6) is 0 Å². The van der Waals surface area contributed by atoms with E-state index in [1.54, 1.807) is 40.5 Å². The SMILES string of the molecule is CC#Cc1cnc2cc(CC)n(-c3ccccc3)c(=O)n12.NC(=O)c1c(N)nn2cccnc12. The predicted molar refractivity (Wildman–Crippen MR) is 129 cm³/mol. The van der Waals surface area contributed by atoms with Crippen LogP contribution in [-0.4, -0.2) is 34.5 Å². The summed E-state index contributed by atoms with van der Waals surface area (Å²) < 4.78 is 4.69. The highest BCUT2D eigenvalue weighted by molar-refractivity contribution is 6.03. The average Bonchev–Trinajstić information content (AvgIpc) is 3.40. The number of aryl methyl sites for hydroxylation is 1. The molecule has 4 aromatic heterocycles. The lowest BCUT2D eigenvalue weighted by atomic mass is 10.2. The van der Waals surface area contributed by atoms with Gasteiger partial charge in [0.15, 0.2) is 11.5 Å². The van der Waals surface area contributed by atoms with Gasteiger partial charge in [0.1, 0.15) is 16.9 Å². The smallest absolute Gasteiger partial charge is 0.339 e. The van der Waals surface area contributed by atoms with Crippen molar-refractivity contribution in [1.29, 1.82) is 0 Å². The summed E-state index contributed by atoms with van der Waals surface area (Å²) in [7, 11) is 0. The van der Waals surface area contributed by atoms with E-state index in [2.05, 4.69) is 26.9 Å². The first-order chi connectivity index (χ1) is 16.5. The van der Waals surface area contributed by atoms with Gasteiger partial charge in [-0.3, -0.25) is 9.36 Å². The summed E-state index contributed by atoms with van der Waals surface area (Å²) in [5.41, 5.74) is 14.0. The lowest BCUT2D eigenvalue weighted by Crippen LogP contribution is -2.28.